The van der Waals surface area contributed by atoms with Crippen LogP contribution < -0.4 is 0 Å². The molecule has 1 fully saturated rings. The zero-order valence-electron chi connectivity index (χ0n) is 22.9. The van der Waals surface area contributed by atoms with Gasteiger partial charge in [0, 0.05) is 12.2 Å². The minimum Gasteiger partial charge on any atom is -0.561 e. The van der Waals surface area contributed by atoms with E-state index in [0.29, 0.717) is 6.61 Å². The van der Waals surface area contributed by atoms with E-state index in [1.165, 1.54) is 0 Å². The van der Waals surface area contributed by atoms with Crippen LogP contribution in [0.25, 0.3) is 0 Å². The van der Waals surface area contributed by atoms with Gasteiger partial charge in [-0.3, -0.25) is 0 Å². The standard InChI is InChI=1S/C24H52BO4Si2/c1-14-15-17-25(27-20(2)21(3)28-25)18-16-22(29-31(12,13)24(7,8)9)19-26-30(10,11)23(4,5)6/h16,18,20-22H,14-15,17,19H2,1-13H3/q-1/b18-16+/t20?,21?,22-,25?/m0/s1. The lowest BCUT2D eigenvalue weighted by molar-refractivity contribution is 0.141. The van der Waals surface area contributed by atoms with Crippen LogP contribution in [-0.4, -0.2) is 48.1 Å². The zero-order valence-corrected chi connectivity index (χ0v) is 24.9. The molecule has 0 aromatic rings. The third-order valence-corrected chi connectivity index (χ3v) is 16.8. The van der Waals surface area contributed by atoms with Crippen molar-refractivity contribution in [3.63, 3.8) is 0 Å². The van der Waals surface area contributed by atoms with Gasteiger partial charge in [-0.15, -0.1) is 6.32 Å². The van der Waals surface area contributed by atoms with Crippen molar-refractivity contribution in [2.75, 3.05) is 6.61 Å². The van der Waals surface area contributed by atoms with Gasteiger partial charge < -0.3 is 18.2 Å². The van der Waals surface area contributed by atoms with Crippen LogP contribution in [0.2, 0.25) is 42.6 Å². The van der Waals surface area contributed by atoms with E-state index in [4.69, 9.17) is 18.2 Å². The minimum atomic E-state index is -1.95. The van der Waals surface area contributed by atoms with Crippen LogP contribution in [0.3, 0.4) is 0 Å². The molecule has 0 radical (unpaired) electrons. The maximum atomic E-state index is 6.82. The summed E-state index contributed by atoms with van der Waals surface area (Å²) in [7, 11) is -3.82. The number of hydrogen-bond donors (Lipinski definition) is 0. The lowest BCUT2D eigenvalue weighted by Crippen LogP contribution is -2.47. The molecule has 0 spiro atoms. The highest BCUT2D eigenvalue weighted by Crippen LogP contribution is 2.39. The Hall–Kier alpha value is 0.0787. The molecular weight excluding hydrogens is 419 g/mol. The van der Waals surface area contributed by atoms with Gasteiger partial charge in [0.05, 0.1) is 12.7 Å². The average Bonchev–Trinajstić information content (AvgIpc) is 2.88. The predicted molar refractivity (Wildman–Crippen MR) is 141 cm³/mol. The minimum absolute atomic E-state index is 0.0891. The van der Waals surface area contributed by atoms with Gasteiger partial charge in [0.15, 0.2) is 16.6 Å². The molecule has 1 aliphatic rings. The highest BCUT2D eigenvalue weighted by molar-refractivity contribution is 6.75. The molecular formula is C24H52BO4Si2-. The van der Waals surface area contributed by atoms with Crippen LogP contribution in [0.4, 0.5) is 0 Å². The lowest BCUT2D eigenvalue weighted by atomic mass is 9.53. The van der Waals surface area contributed by atoms with Gasteiger partial charge >= 0.3 is 0 Å². The molecule has 0 aromatic carbocycles. The quantitative estimate of drug-likeness (QED) is 0.308. The van der Waals surface area contributed by atoms with Crippen LogP contribution in [0.5, 0.6) is 0 Å². The van der Waals surface area contributed by atoms with Crippen molar-refractivity contribution in [3.8, 4) is 0 Å². The Morgan fingerprint density at radius 1 is 0.903 bits per heavy atom. The Labute approximate surface area is 196 Å². The smallest absolute Gasteiger partial charge is 0.263 e. The first-order valence-electron chi connectivity index (χ1n) is 12.4. The molecule has 7 heteroatoms. The van der Waals surface area contributed by atoms with E-state index in [-0.39, 0.29) is 28.4 Å². The van der Waals surface area contributed by atoms with E-state index in [1.807, 2.05) is 0 Å². The van der Waals surface area contributed by atoms with Crippen LogP contribution >= 0.6 is 0 Å². The van der Waals surface area contributed by atoms with Crippen molar-refractivity contribution in [2.45, 2.75) is 136 Å². The predicted octanol–water partition coefficient (Wildman–Crippen LogP) is 7.56. The lowest BCUT2D eigenvalue weighted by Gasteiger charge is -2.41. The first-order valence-corrected chi connectivity index (χ1v) is 18.2. The van der Waals surface area contributed by atoms with Gasteiger partial charge in [-0.05, 0) is 50.1 Å². The van der Waals surface area contributed by atoms with Crippen molar-refractivity contribution >= 4 is 23.2 Å². The first-order chi connectivity index (χ1) is 13.9. The van der Waals surface area contributed by atoms with Gasteiger partial charge in [-0.25, -0.2) is 0 Å². The normalized spacial score (nSPS) is 27.3. The molecule has 2 unspecified atom stereocenters. The highest BCUT2D eigenvalue weighted by Gasteiger charge is 2.41. The van der Waals surface area contributed by atoms with Crippen molar-refractivity contribution in [2.24, 2.45) is 0 Å². The monoisotopic (exact) mass is 471 g/mol. The zero-order chi connectivity index (χ0) is 24.3. The van der Waals surface area contributed by atoms with Crippen LogP contribution in [0, 0.1) is 0 Å². The summed E-state index contributed by atoms with van der Waals surface area (Å²) in [6.45, 7) is 28.5. The van der Waals surface area contributed by atoms with E-state index < -0.39 is 23.2 Å². The van der Waals surface area contributed by atoms with Gasteiger partial charge in [0.2, 0.25) is 0 Å². The number of hydrogen-bond acceptors (Lipinski definition) is 4. The van der Waals surface area contributed by atoms with Gasteiger partial charge in [0.25, 0.3) is 6.55 Å². The van der Waals surface area contributed by atoms with Crippen molar-refractivity contribution in [3.05, 3.63) is 12.1 Å². The maximum Gasteiger partial charge on any atom is 0.263 e. The molecule has 4 nitrogen and oxygen atoms in total. The maximum absolute atomic E-state index is 6.82. The molecule has 0 N–H and O–H groups in total. The van der Waals surface area contributed by atoms with Crippen LogP contribution in [0.1, 0.15) is 75.2 Å². The second-order valence-electron chi connectivity index (χ2n) is 12.6. The topological polar surface area (TPSA) is 36.9 Å². The summed E-state index contributed by atoms with van der Waals surface area (Å²) < 4.78 is 26.2. The third-order valence-electron chi connectivity index (χ3n) is 7.80. The molecule has 0 aliphatic carbocycles. The van der Waals surface area contributed by atoms with Gasteiger partial charge in [0.1, 0.15) is 0 Å². The average molecular weight is 472 g/mol. The Morgan fingerprint density at radius 2 is 1.39 bits per heavy atom. The molecule has 0 saturated carbocycles. The van der Waals surface area contributed by atoms with E-state index >= 15 is 0 Å². The summed E-state index contributed by atoms with van der Waals surface area (Å²) in [6, 6.07) is 0. The summed E-state index contributed by atoms with van der Waals surface area (Å²) in [6.07, 6.45) is 5.48. The van der Waals surface area contributed by atoms with Crippen molar-refractivity contribution in [1.82, 2.24) is 0 Å². The fourth-order valence-corrected chi connectivity index (χ4v) is 5.55. The van der Waals surface area contributed by atoms with Crippen molar-refractivity contribution < 1.29 is 18.2 Å². The Kier molecular flexibility index (Phi) is 9.92. The largest absolute Gasteiger partial charge is 0.561 e. The molecule has 1 aliphatic heterocycles. The Balaban J connectivity index is 3.14. The molecule has 0 amide bonds. The second-order valence-corrected chi connectivity index (χ2v) is 22.2. The number of unbranched alkanes of at least 4 members (excludes halogenated alkanes) is 1. The summed E-state index contributed by atoms with van der Waals surface area (Å²) >= 11 is 0. The van der Waals surface area contributed by atoms with E-state index in [1.54, 1.807) is 0 Å². The summed E-state index contributed by atoms with van der Waals surface area (Å²) in [4.78, 5) is 0. The first kappa shape index (κ1) is 29.1. The molecule has 1 rings (SSSR count). The molecule has 3 atom stereocenters. The molecule has 0 bridgehead atoms. The summed E-state index contributed by atoms with van der Waals surface area (Å²) in [5, 5.41) is 0.317. The van der Waals surface area contributed by atoms with Crippen LogP contribution in [-0.2, 0) is 18.2 Å². The molecule has 1 saturated heterocycles. The summed E-state index contributed by atoms with van der Waals surface area (Å²) in [5.41, 5.74) is 0. The van der Waals surface area contributed by atoms with Gasteiger partial charge in [-0.1, -0.05) is 67.4 Å². The van der Waals surface area contributed by atoms with E-state index in [9.17, 15) is 0 Å². The highest BCUT2D eigenvalue weighted by atomic mass is 28.4. The van der Waals surface area contributed by atoms with Gasteiger partial charge in [-0.2, -0.15) is 5.98 Å². The Morgan fingerprint density at radius 3 is 1.81 bits per heavy atom. The summed E-state index contributed by atoms with van der Waals surface area (Å²) in [5.74, 6) is 2.18. The third kappa shape index (κ3) is 8.11. The van der Waals surface area contributed by atoms with Crippen LogP contribution in [0.15, 0.2) is 12.1 Å². The Bertz CT molecular complexity index is 583. The molecule has 0 aromatic heterocycles. The number of rotatable bonds is 10. The molecule has 184 valence electrons. The second kappa shape index (κ2) is 10.6. The molecule has 1 heterocycles. The molecule has 31 heavy (non-hydrogen) atoms. The fraction of sp³-hybridized carbons (Fsp3) is 0.917. The fourth-order valence-electron chi connectivity index (χ4n) is 3.28. The van der Waals surface area contributed by atoms with E-state index in [2.05, 4.69) is 101 Å². The van der Waals surface area contributed by atoms with Crippen molar-refractivity contribution in [1.29, 1.82) is 0 Å². The van der Waals surface area contributed by atoms with E-state index in [0.717, 1.165) is 19.2 Å². The SMILES string of the molecule is CCCC[B-]1(/C=C/[C@@H](CO[Si](C)(C)C(C)(C)C)O[Si](C)(C)C(C)(C)C)OC(C)C(C)O1.